The van der Waals surface area contributed by atoms with E-state index in [1.807, 2.05) is 26.0 Å². The molecule has 4 nitrogen and oxygen atoms in total. The second kappa shape index (κ2) is 6.56. The van der Waals surface area contributed by atoms with Crippen molar-refractivity contribution >= 4 is 5.97 Å². The number of aliphatic hydroxyl groups is 1. The monoisotopic (exact) mass is 201 g/mol. The second-order valence-corrected chi connectivity index (χ2v) is 3.32. The van der Waals surface area contributed by atoms with Crippen molar-refractivity contribution in [3.8, 4) is 0 Å². The van der Waals surface area contributed by atoms with Crippen LogP contribution in [0.25, 0.3) is 0 Å². The largest absolute Gasteiger partial charge is 0.468 e. The fourth-order valence-corrected chi connectivity index (χ4v) is 1.12. The fraction of sp³-hybridized carbons (Fsp3) is 0.700. The van der Waals surface area contributed by atoms with Crippen LogP contribution >= 0.6 is 0 Å². The maximum Gasteiger partial charge on any atom is 0.325 e. The lowest BCUT2D eigenvalue weighted by Crippen LogP contribution is -2.45. The molecule has 3 N–H and O–H groups in total. The third kappa shape index (κ3) is 3.89. The molecule has 0 radical (unpaired) electrons. The van der Waals surface area contributed by atoms with Crippen LogP contribution in [0.4, 0.5) is 0 Å². The highest BCUT2D eigenvalue weighted by Gasteiger charge is 2.27. The van der Waals surface area contributed by atoms with Gasteiger partial charge in [-0.15, -0.1) is 0 Å². The predicted octanol–water partition coefficient (Wildman–Crippen LogP) is 0.450. The van der Waals surface area contributed by atoms with E-state index in [2.05, 4.69) is 4.74 Å². The normalized spacial score (nSPS) is 17.8. The van der Waals surface area contributed by atoms with Gasteiger partial charge in [0.05, 0.1) is 13.2 Å². The van der Waals surface area contributed by atoms with Crippen LogP contribution < -0.4 is 5.73 Å². The Hall–Kier alpha value is -0.870. The van der Waals surface area contributed by atoms with Crippen LogP contribution in [0, 0.1) is 5.92 Å². The van der Waals surface area contributed by atoms with E-state index in [1.165, 1.54) is 7.11 Å². The zero-order valence-electron chi connectivity index (χ0n) is 8.93. The highest BCUT2D eigenvalue weighted by Crippen LogP contribution is 2.12. The van der Waals surface area contributed by atoms with Gasteiger partial charge in [-0.25, -0.2) is 0 Å². The summed E-state index contributed by atoms with van der Waals surface area (Å²) < 4.78 is 4.45. The topological polar surface area (TPSA) is 72.5 Å². The molecule has 0 aromatic carbocycles. The number of hydrogen-bond acceptors (Lipinski definition) is 4. The van der Waals surface area contributed by atoms with Crippen LogP contribution in [-0.2, 0) is 9.53 Å². The Balaban J connectivity index is 4.15. The average Bonchev–Trinajstić information content (AvgIpc) is 2.22. The van der Waals surface area contributed by atoms with E-state index in [-0.39, 0.29) is 5.92 Å². The minimum atomic E-state index is -0.958. The summed E-state index contributed by atoms with van der Waals surface area (Å²) in [7, 11) is 1.26. The van der Waals surface area contributed by atoms with Gasteiger partial charge in [0.25, 0.3) is 0 Å². The molecule has 0 bridgehead atoms. The van der Waals surface area contributed by atoms with Crippen LogP contribution in [0.2, 0.25) is 0 Å². The minimum absolute atomic E-state index is 0.0553. The number of nitrogens with two attached hydrogens (primary N) is 1. The lowest BCUT2D eigenvalue weighted by molar-refractivity contribution is -0.145. The van der Waals surface area contributed by atoms with Crippen molar-refractivity contribution in [3.63, 3.8) is 0 Å². The third-order valence-corrected chi connectivity index (χ3v) is 2.17. The third-order valence-electron chi connectivity index (χ3n) is 2.17. The Kier molecular flexibility index (Phi) is 6.16. The molecule has 0 amide bonds. The molecule has 0 heterocycles. The first-order valence-corrected chi connectivity index (χ1v) is 4.67. The van der Waals surface area contributed by atoms with Crippen LogP contribution in [-0.4, -0.2) is 30.3 Å². The van der Waals surface area contributed by atoms with Gasteiger partial charge in [0.1, 0.15) is 6.04 Å². The summed E-state index contributed by atoms with van der Waals surface area (Å²) in [5, 5.41) is 9.65. The molecule has 0 aliphatic carbocycles. The lowest BCUT2D eigenvalue weighted by Gasteiger charge is -2.21. The summed E-state index contributed by atoms with van der Waals surface area (Å²) in [4.78, 5) is 11.0. The van der Waals surface area contributed by atoms with Gasteiger partial charge in [-0.05, 0) is 19.3 Å². The summed E-state index contributed by atoms with van der Waals surface area (Å²) in [6.07, 6.45) is 3.66. The van der Waals surface area contributed by atoms with Gasteiger partial charge in [-0.3, -0.25) is 4.79 Å². The molecule has 0 aromatic heterocycles. The van der Waals surface area contributed by atoms with Gasteiger partial charge < -0.3 is 15.6 Å². The highest BCUT2D eigenvalue weighted by atomic mass is 16.5. The number of esters is 1. The number of methoxy groups -OCH3 is 1. The first-order valence-electron chi connectivity index (χ1n) is 4.67. The number of rotatable bonds is 5. The zero-order valence-corrected chi connectivity index (χ0v) is 8.93. The molecule has 3 atom stereocenters. The Labute approximate surface area is 84.7 Å². The van der Waals surface area contributed by atoms with Gasteiger partial charge in [-0.1, -0.05) is 19.1 Å². The molecule has 0 aliphatic heterocycles. The standard InChI is InChI=1S/C10H19NO3/c1-4-5-6-7(2)9(12)8(11)10(13)14-3/h4-5,7-9,12H,6,11H2,1-3H3/t7-,8+,9-/m1/s1. The van der Waals surface area contributed by atoms with Gasteiger partial charge >= 0.3 is 5.97 Å². The Bertz CT molecular complexity index is 204. The molecule has 82 valence electrons. The quantitative estimate of drug-likeness (QED) is 0.500. The van der Waals surface area contributed by atoms with E-state index in [4.69, 9.17) is 5.73 Å². The van der Waals surface area contributed by atoms with Gasteiger partial charge in [0, 0.05) is 0 Å². The SMILES string of the molecule is CC=CC[C@@H](C)[C@@H](O)[C@H](N)C(=O)OC. The molecule has 14 heavy (non-hydrogen) atoms. The summed E-state index contributed by atoms with van der Waals surface area (Å²) in [6.45, 7) is 3.74. The molecular formula is C10H19NO3. The van der Waals surface area contributed by atoms with E-state index in [0.29, 0.717) is 6.42 Å². The van der Waals surface area contributed by atoms with Crippen molar-refractivity contribution < 1.29 is 14.6 Å². The number of ether oxygens (including phenoxy) is 1. The molecule has 0 aliphatic rings. The Morgan fingerprint density at radius 1 is 1.64 bits per heavy atom. The fourth-order valence-electron chi connectivity index (χ4n) is 1.12. The first-order chi connectivity index (χ1) is 6.54. The van der Waals surface area contributed by atoms with E-state index < -0.39 is 18.1 Å². The number of hydrogen-bond donors (Lipinski definition) is 2. The van der Waals surface area contributed by atoms with Crippen LogP contribution in [0.1, 0.15) is 20.3 Å². The summed E-state index contributed by atoms with van der Waals surface area (Å²) >= 11 is 0. The van der Waals surface area contributed by atoms with Crippen molar-refractivity contribution in [1.82, 2.24) is 0 Å². The van der Waals surface area contributed by atoms with Gasteiger partial charge in [0.2, 0.25) is 0 Å². The lowest BCUT2D eigenvalue weighted by atomic mass is 9.95. The van der Waals surface area contributed by atoms with Crippen molar-refractivity contribution in [2.45, 2.75) is 32.4 Å². The summed E-state index contributed by atoms with van der Waals surface area (Å²) in [6, 6.07) is -0.958. The number of aliphatic hydroxyl groups excluding tert-OH is 1. The summed E-state index contributed by atoms with van der Waals surface area (Å²) in [5.74, 6) is -0.634. The first kappa shape index (κ1) is 13.1. The zero-order chi connectivity index (χ0) is 11.1. The molecule has 0 saturated carbocycles. The van der Waals surface area contributed by atoms with E-state index in [1.54, 1.807) is 0 Å². The number of carbonyl (C=O) groups excluding carboxylic acids is 1. The molecule has 0 rings (SSSR count). The average molecular weight is 201 g/mol. The Morgan fingerprint density at radius 3 is 2.64 bits per heavy atom. The van der Waals surface area contributed by atoms with E-state index in [9.17, 15) is 9.90 Å². The molecule has 4 heteroatoms. The smallest absolute Gasteiger partial charge is 0.325 e. The van der Waals surface area contributed by atoms with Gasteiger partial charge in [-0.2, -0.15) is 0 Å². The molecule has 0 fully saturated rings. The maximum atomic E-state index is 11.0. The Morgan fingerprint density at radius 2 is 2.21 bits per heavy atom. The van der Waals surface area contributed by atoms with Crippen molar-refractivity contribution in [3.05, 3.63) is 12.2 Å². The molecule has 0 aromatic rings. The molecule has 0 spiro atoms. The molecule has 0 saturated heterocycles. The number of carbonyl (C=O) groups is 1. The van der Waals surface area contributed by atoms with Crippen LogP contribution in [0.15, 0.2) is 12.2 Å². The molecule has 0 unspecified atom stereocenters. The second-order valence-electron chi connectivity index (χ2n) is 3.32. The van der Waals surface area contributed by atoms with Gasteiger partial charge in [0.15, 0.2) is 0 Å². The number of allylic oxidation sites excluding steroid dienone is 2. The van der Waals surface area contributed by atoms with E-state index >= 15 is 0 Å². The van der Waals surface area contributed by atoms with Crippen LogP contribution in [0.3, 0.4) is 0 Å². The maximum absolute atomic E-state index is 11.0. The van der Waals surface area contributed by atoms with Crippen molar-refractivity contribution in [2.24, 2.45) is 11.7 Å². The molecular weight excluding hydrogens is 182 g/mol. The van der Waals surface area contributed by atoms with Crippen molar-refractivity contribution in [2.75, 3.05) is 7.11 Å². The highest BCUT2D eigenvalue weighted by molar-refractivity contribution is 5.76. The minimum Gasteiger partial charge on any atom is -0.468 e. The summed E-state index contributed by atoms with van der Waals surface area (Å²) in [5.41, 5.74) is 5.50. The van der Waals surface area contributed by atoms with Crippen LogP contribution in [0.5, 0.6) is 0 Å². The van der Waals surface area contributed by atoms with Crippen molar-refractivity contribution in [1.29, 1.82) is 0 Å². The predicted molar refractivity (Wildman–Crippen MR) is 54.6 cm³/mol. The van der Waals surface area contributed by atoms with E-state index in [0.717, 1.165) is 0 Å².